The van der Waals surface area contributed by atoms with Crippen LogP contribution >= 0.6 is 0 Å². The Bertz CT molecular complexity index is 680. The number of carbonyl (C=O) groups is 2. The van der Waals surface area contributed by atoms with Crippen LogP contribution in [0.15, 0.2) is 18.2 Å². The third-order valence-corrected chi connectivity index (χ3v) is 4.94. The quantitative estimate of drug-likeness (QED) is 0.601. The van der Waals surface area contributed by atoms with Crippen molar-refractivity contribution in [3.63, 3.8) is 0 Å². The number of carboxylic acid groups (broad SMARTS) is 1. The van der Waals surface area contributed by atoms with E-state index < -0.39 is 22.3 Å². The van der Waals surface area contributed by atoms with Gasteiger partial charge in [-0.25, -0.2) is 4.79 Å². The molecule has 1 aromatic rings. The summed E-state index contributed by atoms with van der Waals surface area (Å²) >= 11 is 0. The number of nitrogens with zero attached hydrogens (tertiary/aromatic N) is 1. The van der Waals surface area contributed by atoms with E-state index in [0.717, 1.165) is 19.3 Å². The molecule has 0 saturated heterocycles. The number of benzene rings is 1. The summed E-state index contributed by atoms with van der Waals surface area (Å²) in [6, 6.07) is 3.72. The van der Waals surface area contributed by atoms with E-state index in [2.05, 4.69) is 12.2 Å². The maximum Gasteiger partial charge on any atom is 0.329 e. The molecule has 2 rings (SSSR count). The number of methoxy groups -OCH3 is 1. The minimum Gasteiger partial charge on any atom is -0.490 e. The summed E-state index contributed by atoms with van der Waals surface area (Å²) in [5.41, 5.74) is -1.42. The van der Waals surface area contributed by atoms with Crippen LogP contribution in [0.1, 0.15) is 49.4 Å². The topological polar surface area (TPSA) is 119 Å². The van der Waals surface area contributed by atoms with Crippen molar-refractivity contribution < 1.29 is 24.4 Å². The lowest BCUT2D eigenvalue weighted by Crippen LogP contribution is -2.56. The van der Waals surface area contributed by atoms with Crippen molar-refractivity contribution in [2.75, 3.05) is 7.11 Å². The maximum atomic E-state index is 12.5. The molecule has 0 aromatic heterocycles. The van der Waals surface area contributed by atoms with Crippen molar-refractivity contribution in [2.45, 2.75) is 44.6 Å². The summed E-state index contributed by atoms with van der Waals surface area (Å²) in [5.74, 6) is -1.20. The molecule has 1 fully saturated rings. The molecule has 0 bridgehead atoms. The highest BCUT2D eigenvalue weighted by atomic mass is 16.6. The van der Waals surface area contributed by atoms with Gasteiger partial charge >= 0.3 is 11.7 Å². The molecule has 0 atom stereocenters. The van der Waals surface area contributed by atoms with Gasteiger partial charge in [0.15, 0.2) is 5.75 Å². The zero-order chi connectivity index (χ0) is 18.6. The summed E-state index contributed by atoms with van der Waals surface area (Å²) in [6.45, 7) is 2.07. The fourth-order valence-electron chi connectivity index (χ4n) is 3.23. The Morgan fingerprint density at radius 1 is 1.40 bits per heavy atom. The van der Waals surface area contributed by atoms with Gasteiger partial charge < -0.3 is 15.2 Å². The zero-order valence-corrected chi connectivity index (χ0v) is 14.3. The minimum absolute atomic E-state index is 0.0447. The van der Waals surface area contributed by atoms with E-state index in [1.807, 2.05) is 0 Å². The van der Waals surface area contributed by atoms with Gasteiger partial charge in [0.25, 0.3) is 5.91 Å². The first-order valence-electron chi connectivity index (χ1n) is 8.21. The van der Waals surface area contributed by atoms with Crippen molar-refractivity contribution in [1.29, 1.82) is 0 Å². The lowest BCUT2D eigenvalue weighted by molar-refractivity contribution is -0.385. The van der Waals surface area contributed by atoms with E-state index in [1.165, 1.54) is 25.3 Å². The number of aliphatic carboxylic acids is 1. The molecule has 8 heteroatoms. The average molecular weight is 350 g/mol. The fraction of sp³-hybridized carbons (Fsp3) is 0.529. The third kappa shape index (κ3) is 3.89. The van der Waals surface area contributed by atoms with Gasteiger partial charge in [0, 0.05) is 17.7 Å². The highest BCUT2D eigenvalue weighted by Gasteiger charge is 2.43. The number of ether oxygens (including phenoxy) is 1. The van der Waals surface area contributed by atoms with Crippen LogP contribution in [0.3, 0.4) is 0 Å². The molecule has 1 amide bonds. The summed E-state index contributed by atoms with van der Waals surface area (Å²) in [6.07, 6.45) is 3.22. The number of carbonyl (C=O) groups excluding carboxylic acids is 1. The molecule has 1 aliphatic carbocycles. The summed E-state index contributed by atoms with van der Waals surface area (Å²) in [4.78, 5) is 34.6. The summed E-state index contributed by atoms with van der Waals surface area (Å²) in [5, 5.41) is 23.2. The fourth-order valence-corrected chi connectivity index (χ4v) is 3.23. The van der Waals surface area contributed by atoms with Gasteiger partial charge in [-0.15, -0.1) is 0 Å². The van der Waals surface area contributed by atoms with Gasteiger partial charge in [-0.1, -0.05) is 13.3 Å². The van der Waals surface area contributed by atoms with Crippen LogP contribution in [-0.4, -0.2) is 34.6 Å². The van der Waals surface area contributed by atoms with Crippen LogP contribution < -0.4 is 10.1 Å². The first-order chi connectivity index (χ1) is 11.8. The molecule has 2 N–H and O–H groups in total. The second-order valence-electron chi connectivity index (χ2n) is 6.34. The predicted octanol–water partition coefficient (Wildman–Crippen LogP) is 2.76. The third-order valence-electron chi connectivity index (χ3n) is 4.94. The molecule has 1 saturated carbocycles. The number of nitro benzene ring substituents is 1. The first-order valence-corrected chi connectivity index (χ1v) is 8.21. The number of amides is 1. The molecule has 0 unspecified atom stereocenters. The van der Waals surface area contributed by atoms with Crippen LogP contribution in [0.5, 0.6) is 5.75 Å². The number of carboxylic acids is 1. The SMILES string of the molecule is CCC1CCC(NC(=O)c2ccc([N+](=O)[O-])c(OC)c2)(C(=O)O)CC1. The van der Waals surface area contributed by atoms with E-state index >= 15 is 0 Å². The predicted molar refractivity (Wildman–Crippen MR) is 89.7 cm³/mol. The van der Waals surface area contributed by atoms with Crippen LogP contribution in [0.2, 0.25) is 0 Å². The first kappa shape index (κ1) is 18.7. The van der Waals surface area contributed by atoms with Crippen molar-refractivity contribution >= 4 is 17.6 Å². The van der Waals surface area contributed by atoms with Gasteiger partial charge in [-0.2, -0.15) is 0 Å². The minimum atomic E-state index is -1.29. The molecular weight excluding hydrogens is 328 g/mol. The molecule has 136 valence electrons. The Balaban J connectivity index is 2.22. The van der Waals surface area contributed by atoms with Crippen LogP contribution in [0.4, 0.5) is 5.69 Å². The smallest absolute Gasteiger partial charge is 0.329 e. The number of hydrogen-bond donors (Lipinski definition) is 2. The lowest BCUT2D eigenvalue weighted by Gasteiger charge is -2.37. The van der Waals surface area contributed by atoms with Gasteiger partial charge in [0.1, 0.15) is 5.54 Å². The molecule has 1 aromatic carbocycles. The van der Waals surface area contributed by atoms with Crippen molar-refractivity contribution in [3.8, 4) is 5.75 Å². The molecule has 25 heavy (non-hydrogen) atoms. The van der Waals surface area contributed by atoms with Gasteiger partial charge in [-0.05, 0) is 37.7 Å². The highest BCUT2D eigenvalue weighted by Crippen LogP contribution is 2.34. The van der Waals surface area contributed by atoms with E-state index in [4.69, 9.17) is 4.74 Å². The normalized spacial score (nSPS) is 22.9. The number of nitrogens with one attached hydrogen (secondary N) is 1. The molecule has 0 aliphatic heterocycles. The Morgan fingerprint density at radius 2 is 2.04 bits per heavy atom. The van der Waals surface area contributed by atoms with Gasteiger partial charge in [-0.3, -0.25) is 14.9 Å². The van der Waals surface area contributed by atoms with Gasteiger partial charge in [0.05, 0.1) is 12.0 Å². The molecule has 0 heterocycles. The van der Waals surface area contributed by atoms with Crippen molar-refractivity contribution in [3.05, 3.63) is 33.9 Å². The van der Waals surface area contributed by atoms with Crippen molar-refractivity contribution in [1.82, 2.24) is 5.32 Å². The van der Waals surface area contributed by atoms with E-state index in [-0.39, 0.29) is 17.0 Å². The molecule has 8 nitrogen and oxygen atoms in total. The largest absolute Gasteiger partial charge is 0.490 e. The second-order valence-corrected chi connectivity index (χ2v) is 6.34. The Hall–Kier alpha value is -2.64. The van der Waals surface area contributed by atoms with E-state index in [9.17, 15) is 24.8 Å². The summed E-state index contributed by atoms with van der Waals surface area (Å²) < 4.78 is 4.95. The van der Waals surface area contributed by atoms with E-state index in [0.29, 0.717) is 18.8 Å². The highest BCUT2D eigenvalue weighted by molar-refractivity contribution is 5.98. The zero-order valence-electron chi connectivity index (χ0n) is 14.3. The standard InChI is InChI=1S/C17H22N2O6/c1-3-11-6-8-17(9-7-11,16(21)22)18-15(20)12-4-5-13(19(23)24)14(10-12)25-2/h4-5,10-11H,3,6-9H2,1-2H3,(H,18,20)(H,21,22). The van der Waals surface area contributed by atoms with Crippen molar-refractivity contribution in [2.24, 2.45) is 5.92 Å². The molecule has 0 spiro atoms. The average Bonchev–Trinajstić information content (AvgIpc) is 2.61. The Labute approximate surface area is 145 Å². The molecule has 0 radical (unpaired) electrons. The van der Waals surface area contributed by atoms with Gasteiger partial charge in [0.2, 0.25) is 0 Å². The van der Waals surface area contributed by atoms with E-state index in [1.54, 1.807) is 0 Å². The van der Waals surface area contributed by atoms with Crippen LogP contribution in [-0.2, 0) is 4.79 Å². The maximum absolute atomic E-state index is 12.5. The number of rotatable bonds is 6. The monoisotopic (exact) mass is 350 g/mol. The molecular formula is C17H22N2O6. The van der Waals surface area contributed by atoms with Crippen LogP contribution in [0, 0.1) is 16.0 Å². The molecule has 1 aliphatic rings. The second kappa shape index (κ2) is 7.50. The lowest BCUT2D eigenvalue weighted by atomic mass is 9.75. The summed E-state index contributed by atoms with van der Waals surface area (Å²) in [7, 11) is 1.27. The number of nitro groups is 1. The van der Waals surface area contributed by atoms with Crippen LogP contribution in [0.25, 0.3) is 0 Å². The Kier molecular flexibility index (Phi) is 5.61. The number of hydrogen-bond acceptors (Lipinski definition) is 5. The Morgan fingerprint density at radius 3 is 2.52 bits per heavy atom.